The lowest BCUT2D eigenvalue weighted by Crippen LogP contribution is -2.49. The van der Waals surface area contributed by atoms with Crippen LogP contribution in [0.15, 0.2) is 0 Å². The normalized spacial score (nSPS) is 26.5. The smallest absolute Gasteiger partial charge is 0.242 e. The van der Waals surface area contributed by atoms with E-state index in [0.717, 1.165) is 38.9 Å². The van der Waals surface area contributed by atoms with Crippen molar-refractivity contribution in [3.05, 3.63) is 0 Å². The van der Waals surface area contributed by atoms with Gasteiger partial charge in [0.15, 0.2) is 0 Å². The molecular formula is C11H19N3O2. The molecule has 2 fully saturated rings. The molecule has 16 heavy (non-hydrogen) atoms. The summed E-state index contributed by atoms with van der Waals surface area (Å²) < 4.78 is 0. The van der Waals surface area contributed by atoms with Crippen LogP contribution in [-0.2, 0) is 9.59 Å². The second-order valence-electron chi connectivity index (χ2n) is 4.64. The Labute approximate surface area is 95.3 Å². The first-order valence-corrected chi connectivity index (χ1v) is 6.03. The molecule has 2 rings (SSSR count). The fourth-order valence-electron chi connectivity index (χ4n) is 2.09. The second-order valence-corrected chi connectivity index (χ2v) is 4.64. The topological polar surface area (TPSA) is 70.2 Å². The number of carbonyl (C=O) groups excluding carboxylic acids is 2. The Bertz CT molecular complexity index is 276. The van der Waals surface area contributed by atoms with Crippen molar-refractivity contribution in [2.75, 3.05) is 19.6 Å². The van der Waals surface area contributed by atoms with E-state index in [2.05, 4.69) is 16.0 Å². The number of amides is 2. The maximum absolute atomic E-state index is 11.7. The standard InChI is InChI=1S/C11H19N3O2/c15-10(5-8-6-12-7-8)14-9-3-1-2-4-13-11(9)16/h8-9,12H,1-7H2,(H,13,16)(H,14,15). The zero-order valence-corrected chi connectivity index (χ0v) is 9.42. The first kappa shape index (κ1) is 11.4. The molecule has 0 radical (unpaired) electrons. The Kier molecular flexibility index (Phi) is 3.77. The average molecular weight is 225 g/mol. The van der Waals surface area contributed by atoms with E-state index in [9.17, 15) is 9.59 Å². The van der Waals surface area contributed by atoms with Crippen LogP contribution in [0.5, 0.6) is 0 Å². The Morgan fingerprint density at radius 3 is 2.88 bits per heavy atom. The lowest BCUT2D eigenvalue weighted by Gasteiger charge is -2.27. The molecule has 1 unspecified atom stereocenters. The van der Waals surface area contributed by atoms with Gasteiger partial charge in [-0.2, -0.15) is 0 Å². The summed E-state index contributed by atoms with van der Waals surface area (Å²) in [6.45, 7) is 2.58. The van der Waals surface area contributed by atoms with Gasteiger partial charge in [0.25, 0.3) is 0 Å². The van der Waals surface area contributed by atoms with Crippen molar-refractivity contribution >= 4 is 11.8 Å². The summed E-state index contributed by atoms with van der Waals surface area (Å²) in [5, 5.41) is 8.77. The van der Waals surface area contributed by atoms with Crippen LogP contribution in [0.25, 0.3) is 0 Å². The molecule has 0 saturated carbocycles. The monoisotopic (exact) mass is 225 g/mol. The van der Waals surface area contributed by atoms with Gasteiger partial charge in [-0.25, -0.2) is 0 Å². The van der Waals surface area contributed by atoms with E-state index in [-0.39, 0.29) is 17.9 Å². The van der Waals surface area contributed by atoms with Gasteiger partial charge in [0.05, 0.1) is 0 Å². The molecule has 5 nitrogen and oxygen atoms in total. The van der Waals surface area contributed by atoms with Crippen molar-refractivity contribution in [2.45, 2.75) is 31.7 Å². The summed E-state index contributed by atoms with van der Waals surface area (Å²) in [7, 11) is 0. The van der Waals surface area contributed by atoms with Gasteiger partial charge in [-0.15, -0.1) is 0 Å². The van der Waals surface area contributed by atoms with Gasteiger partial charge in [-0.1, -0.05) is 0 Å². The number of hydrogen-bond donors (Lipinski definition) is 3. The van der Waals surface area contributed by atoms with Crippen LogP contribution in [0, 0.1) is 5.92 Å². The fraction of sp³-hybridized carbons (Fsp3) is 0.818. The van der Waals surface area contributed by atoms with Crippen LogP contribution in [0.2, 0.25) is 0 Å². The summed E-state index contributed by atoms with van der Waals surface area (Å²) in [6, 6.07) is -0.317. The number of nitrogens with one attached hydrogen (secondary N) is 3. The number of carbonyl (C=O) groups is 2. The highest BCUT2D eigenvalue weighted by Crippen LogP contribution is 2.10. The van der Waals surface area contributed by atoms with Crippen molar-refractivity contribution in [3.8, 4) is 0 Å². The average Bonchev–Trinajstić information content (AvgIpc) is 2.39. The third-order valence-corrected chi connectivity index (χ3v) is 3.21. The molecule has 2 amide bonds. The third-order valence-electron chi connectivity index (χ3n) is 3.21. The molecule has 0 aromatic rings. The van der Waals surface area contributed by atoms with E-state index in [1.165, 1.54) is 0 Å². The zero-order valence-electron chi connectivity index (χ0n) is 9.42. The lowest BCUT2D eigenvalue weighted by molar-refractivity contribution is -0.129. The van der Waals surface area contributed by atoms with Crippen molar-refractivity contribution in [3.63, 3.8) is 0 Å². The predicted molar refractivity (Wildman–Crippen MR) is 59.8 cm³/mol. The first-order valence-electron chi connectivity index (χ1n) is 6.03. The van der Waals surface area contributed by atoms with Crippen LogP contribution in [0.4, 0.5) is 0 Å². The van der Waals surface area contributed by atoms with Crippen LogP contribution < -0.4 is 16.0 Å². The van der Waals surface area contributed by atoms with Gasteiger partial charge < -0.3 is 16.0 Å². The largest absolute Gasteiger partial charge is 0.354 e. The van der Waals surface area contributed by atoms with Crippen molar-refractivity contribution in [1.29, 1.82) is 0 Å². The fourth-order valence-corrected chi connectivity index (χ4v) is 2.09. The van der Waals surface area contributed by atoms with Crippen LogP contribution in [0.3, 0.4) is 0 Å². The minimum absolute atomic E-state index is 0.00792. The molecule has 5 heteroatoms. The molecule has 0 aliphatic carbocycles. The van der Waals surface area contributed by atoms with Crippen molar-refractivity contribution in [1.82, 2.24) is 16.0 Å². The molecule has 0 bridgehead atoms. The third kappa shape index (κ3) is 2.95. The van der Waals surface area contributed by atoms with Crippen LogP contribution in [0.1, 0.15) is 25.7 Å². The van der Waals surface area contributed by atoms with Crippen molar-refractivity contribution < 1.29 is 9.59 Å². The summed E-state index contributed by atoms with van der Waals surface area (Å²) in [5.41, 5.74) is 0. The minimum atomic E-state index is -0.317. The Morgan fingerprint density at radius 1 is 1.38 bits per heavy atom. The summed E-state index contributed by atoms with van der Waals surface area (Å²) in [4.78, 5) is 23.2. The molecule has 2 aliphatic rings. The lowest BCUT2D eigenvalue weighted by atomic mass is 9.98. The van der Waals surface area contributed by atoms with Crippen LogP contribution >= 0.6 is 0 Å². The van der Waals surface area contributed by atoms with Gasteiger partial charge in [-0.05, 0) is 38.3 Å². The molecule has 2 saturated heterocycles. The van der Waals surface area contributed by atoms with E-state index in [1.54, 1.807) is 0 Å². The summed E-state index contributed by atoms with van der Waals surface area (Å²) in [6.07, 6.45) is 3.30. The number of rotatable bonds is 3. The molecule has 0 aromatic carbocycles. The molecule has 2 aliphatic heterocycles. The molecular weight excluding hydrogens is 206 g/mol. The molecule has 0 aromatic heterocycles. The minimum Gasteiger partial charge on any atom is -0.354 e. The molecule has 0 spiro atoms. The Balaban J connectivity index is 1.77. The van der Waals surface area contributed by atoms with E-state index < -0.39 is 0 Å². The summed E-state index contributed by atoms with van der Waals surface area (Å²) >= 11 is 0. The summed E-state index contributed by atoms with van der Waals surface area (Å²) in [5.74, 6) is 0.431. The van der Waals surface area contributed by atoms with Gasteiger partial charge in [0.2, 0.25) is 11.8 Å². The van der Waals surface area contributed by atoms with E-state index >= 15 is 0 Å². The first-order chi connectivity index (χ1) is 7.75. The van der Waals surface area contributed by atoms with Gasteiger partial charge in [-0.3, -0.25) is 9.59 Å². The highest BCUT2D eigenvalue weighted by molar-refractivity contribution is 5.87. The zero-order chi connectivity index (χ0) is 11.4. The van der Waals surface area contributed by atoms with E-state index in [0.29, 0.717) is 12.3 Å². The molecule has 1 atom stereocenters. The SMILES string of the molecule is O=C(CC1CNC1)NC1CCCCNC1=O. The number of hydrogen-bond acceptors (Lipinski definition) is 3. The van der Waals surface area contributed by atoms with Gasteiger partial charge >= 0.3 is 0 Å². The molecule has 90 valence electrons. The highest BCUT2D eigenvalue weighted by Gasteiger charge is 2.25. The Hall–Kier alpha value is -1.10. The quantitative estimate of drug-likeness (QED) is 0.599. The van der Waals surface area contributed by atoms with Gasteiger partial charge in [0, 0.05) is 13.0 Å². The Morgan fingerprint density at radius 2 is 2.19 bits per heavy atom. The highest BCUT2D eigenvalue weighted by atomic mass is 16.2. The predicted octanol–water partition coefficient (Wildman–Crippen LogP) is -0.619. The van der Waals surface area contributed by atoms with Crippen molar-refractivity contribution in [2.24, 2.45) is 5.92 Å². The molecule has 2 heterocycles. The second kappa shape index (κ2) is 5.30. The van der Waals surface area contributed by atoms with E-state index in [4.69, 9.17) is 0 Å². The van der Waals surface area contributed by atoms with Gasteiger partial charge in [0.1, 0.15) is 6.04 Å². The maximum Gasteiger partial charge on any atom is 0.242 e. The van der Waals surface area contributed by atoms with E-state index in [1.807, 2.05) is 0 Å². The molecule has 3 N–H and O–H groups in total. The van der Waals surface area contributed by atoms with Crippen LogP contribution in [-0.4, -0.2) is 37.5 Å². The maximum atomic E-state index is 11.7.